The van der Waals surface area contributed by atoms with Crippen molar-refractivity contribution in [3.8, 4) is 11.1 Å². The number of benzene rings is 2. The van der Waals surface area contributed by atoms with Crippen molar-refractivity contribution in [2.24, 2.45) is 0 Å². The summed E-state index contributed by atoms with van der Waals surface area (Å²) in [7, 11) is 0. The molecule has 2 N–H and O–H groups in total. The molecule has 1 atom stereocenters. The highest BCUT2D eigenvalue weighted by atomic mass is 19.1. The molecular weight excluding hydrogens is 440 g/mol. The van der Waals surface area contributed by atoms with Crippen molar-refractivity contribution in [1.29, 1.82) is 0 Å². The fourth-order valence-corrected chi connectivity index (χ4v) is 4.07. The third kappa shape index (κ3) is 5.22. The molecule has 0 saturated heterocycles. The number of alkyl carbamates (subject to hydrolysis) is 1. The maximum atomic E-state index is 14.2. The van der Waals surface area contributed by atoms with E-state index >= 15 is 0 Å². The summed E-state index contributed by atoms with van der Waals surface area (Å²) in [6.45, 7) is 5.23. The van der Waals surface area contributed by atoms with Crippen molar-refractivity contribution >= 4 is 17.7 Å². The lowest BCUT2D eigenvalue weighted by Gasteiger charge is -2.24. The highest BCUT2D eigenvalue weighted by Crippen LogP contribution is 2.38. The van der Waals surface area contributed by atoms with E-state index in [1.54, 1.807) is 33.0 Å². The van der Waals surface area contributed by atoms with Gasteiger partial charge in [-0.2, -0.15) is 0 Å². The predicted molar refractivity (Wildman–Crippen MR) is 124 cm³/mol. The molecule has 1 aliphatic heterocycles. The normalized spacial score (nSPS) is 13.7. The summed E-state index contributed by atoms with van der Waals surface area (Å²) < 4.78 is 33.6. The highest BCUT2D eigenvalue weighted by Gasteiger charge is 2.27. The standard InChI is InChI=1S/C26H25F2N3O3/c1-26(2,3)34-25(33)30-14-21(15-10-16(27)12-17(28)11-15)24-19(7-5-9-29-24)18-6-4-8-22-20(18)13-23(32)31-22/h4-12,21H,13-14H2,1-3H3,(H,30,33)(H,31,32)/t21-/m1/s1. The van der Waals surface area contributed by atoms with E-state index in [2.05, 4.69) is 15.6 Å². The number of rotatable bonds is 5. The van der Waals surface area contributed by atoms with Gasteiger partial charge < -0.3 is 15.4 Å². The molecule has 6 nitrogen and oxygen atoms in total. The fourth-order valence-electron chi connectivity index (χ4n) is 4.07. The van der Waals surface area contributed by atoms with Crippen LogP contribution in [0.4, 0.5) is 19.3 Å². The molecular formula is C26H25F2N3O3. The number of halogens is 2. The van der Waals surface area contributed by atoms with E-state index in [4.69, 9.17) is 4.74 Å². The maximum Gasteiger partial charge on any atom is 0.407 e. The molecule has 8 heteroatoms. The van der Waals surface area contributed by atoms with Gasteiger partial charge in [-0.25, -0.2) is 13.6 Å². The second kappa shape index (κ2) is 9.21. The van der Waals surface area contributed by atoms with Gasteiger partial charge in [-0.05, 0) is 61.7 Å². The van der Waals surface area contributed by atoms with Crippen molar-refractivity contribution in [3.05, 3.63) is 83.2 Å². The third-order valence-corrected chi connectivity index (χ3v) is 5.38. The van der Waals surface area contributed by atoms with Crippen LogP contribution in [0.1, 0.15) is 43.5 Å². The highest BCUT2D eigenvalue weighted by molar-refractivity contribution is 6.02. The fraction of sp³-hybridized carbons (Fsp3) is 0.269. The number of hydrogen-bond donors (Lipinski definition) is 2. The van der Waals surface area contributed by atoms with Crippen LogP contribution in [0.25, 0.3) is 11.1 Å². The first-order chi connectivity index (χ1) is 16.1. The zero-order valence-electron chi connectivity index (χ0n) is 19.1. The lowest BCUT2D eigenvalue weighted by Crippen LogP contribution is -2.35. The lowest BCUT2D eigenvalue weighted by atomic mass is 9.87. The summed E-state index contributed by atoms with van der Waals surface area (Å²) in [5.41, 5.74) is 3.16. The van der Waals surface area contributed by atoms with Gasteiger partial charge >= 0.3 is 6.09 Å². The zero-order valence-corrected chi connectivity index (χ0v) is 19.1. The van der Waals surface area contributed by atoms with Crippen molar-refractivity contribution < 1.29 is 23.1 Å². The van der Waals surface area contributed by atoms with E-state index in [1.165, 1.54) is 12.1 Å². The molecule has 34 heavy (non-hydrogen) atoms. The second-order valence-electron chi connectivity index (χ2n) is 9.13. The number of anilines is 1. The smallest absolute Gasteiger partial charge is 0.407 e. The van der Waals surface area contributed by atoms with Gasteiger partial charge in [0.1, 0.15) is 17.2 Å². The first-order valence-electron chi connectivity index (χ1n) is 10.9. The van der Waals surface area contributed by atoms with Crippen LogP contribution >= 0.6 is 0 Å². The minimum atomic E-state index is -0.731. The number of carbonyl (C=O) groups excluding carboxylic acids is 2. The van der Waals surface area contributed by atoms with Gasteiger partial charge in [0.2, 0.25) is 5.91 Å². The number of hydrogen-bond acceptors (Lipinski definition) is 4. The molecule has 0 bridgehead atoms. The molecule has 2 heterocycles. The number of pyridine rings is 1. The van der Waals surface area contributed by atoms with Crippen LogP contribution in [0.15, 0.2) is 54.7 Å². The summed E-state index contributed by atoms with van der Waals surface area (Å²) in [5.74, 6) is -2.26. The molecule has 0 unspecified atom stereocenters. The van der Waals surface area contributed by atoms with E-state index in [9.17, 15) is 18.4 Å². The largest absolute Gasteiger partial charge is 0.444 e. The molecule has 3 aromatic rings. The maximum absolute atomic E-state index is 14.2. The third-order valence-electron chi connectivity index (χ3n) is 5.38. The molecule has 176 valence electrons. The summed E-state index contributed by atoms with van der Waals surface area (Å²) >= 11 is 0. The van der Waals surface area contributed by atoms with Gasteiger partial charge in [0, 0.05) is 36.0 Å². The first kappa shape index (κ1) is 23.4. The van der Waals surface area contributed by atoms with Gasteiger partial charge in [-0.1, -0.05) is 18.2 Å². The number of nitrogens with one attached hydrogen (secondary N) is 2. The minimum Gasteiger partial charge on any atom is -0.444 e. The summed E-state index contributed by atoms with van der Waals surface area (Å²) in [4.78, 5) is 28.9. The number of fused-ring (bicyclic) bond motifs is 1. The van der Waals surface area contributed by atoms with Crippen LogP contribution in [0.3, 0.4) is 0 Å². The summed E-state index contributed by atoms with van der Waals surface area (Å²) in [6.07, 6.45) is 1.15. The Kier molecular flexibility index (Phi) is 6.32. The van der Waals surface area contributed by atoms with E-state index in [0.29, 0.717) is 16.8 Å². The topological polar surface area (TPSA) is 80.3 Å². The average Bonchev–Trinajstić information content (AvgIpc) is 3.12. The second-order valence-corrected chi connectivity index (χ2v) is 9.13. The molecule has 1 aliphatic rings. The van der Waals surface area contributed by atoms with Crippen molar-refractivity contribution in [2.75, 3.05) is 11.9 Å². The quantitative estimate of drug-likeness (QED) is 0.544. The number of nitrogens with zero attached hydrogens (tertiary/aromatic N) is 1. The van der Waals surface area contributed by atoms with Crippen LogP contribution in [-0.2, 0) is 16.0 Å². The Labute approximate surface area is 196 Å². The lowest BCUT2D eigenvalue weighted by molar-refractivity contribution is -0.115. The number of amides is 2. The predicted octanol–water partition coefficient (Wildman–Crippen LogP) is 5.18. The Morgan fingerprint density at radius 2 is 1.82 bits per heavy atom. The SMILES string of the molecule is CC(C)(C)OC(=O)NC[C@H](c1cc(F)cc(F)c1)c1ncccc1-c1cccc2c1CC(=O)N2. The van der Waals surface area contributed by atoms with Crippen LogP contribution in [-0.4, -0.2) is 29.1 Å². The molecule has 0 aliphatic carbocycles. The van der Waals surface area contributed by atoms with Crippen LogP contribution in [0.5, 0.6) is 0 Å². The Bertz CT molecular complexity index is 1230. The van der Waals surface area contributed by atoms with Gasteiger partial charge in [0.05, 0.1) is 12.1 Å². The minimum absolute atomic E-state index is 0.00593. The van der Waals surface area contributed by atoms with Gasteiger partial charge in [-0.15, -0.1) is 0 Å². The molecule has 0 saturated carbocycles. The Balaban J connectivity index is 1.78. The monoisotopic (exact) mass is 465 g/mol. The Hall–Kier alpha value is -3.81. The number of ether oxygens (including phenoxy) is 1. The van der Waals surface area contributed by atoms with Crippen LogP contribution < -0.4 is 10.6 Å². The number of aromatic nitrogens is 1. The van der Waals surface area contributed by atoms with Gasteiger partial charge in [-0.3, -0.25) is 9.78 Å². The summed E-state index contributed by atoms with van der Waals surface area (Å²) in [5, 5.41) is 5.53. The van der Waals surface area contributed by atoms with E-state index in [0.717, 1.165) is 22.9 Å². The summed E-state index contributed by atoms with van der Waals surface area (Å²) in [6, 6.07) is 12.4. The Morgan fingerprint density at radius 1 is 1.12 bits per heavy atom. The van der Waals surface area contributed by atoms with Crippen LogP contribution in [0.2, 0.25) is 0 Å². The van der Waals surface area contributed by atoms with Gasteiger partial charge in [0.25, 0.3) is 0 Å². The van der Waals surface area contributed by atoms with Gasteiger partial charge in [0.15, 0.2) is 0 Å². The first-order valence-corrected chi connectivity index (χ1v) is 10.9. The van der Waals surface area contributed by atoms with E-state index in [-0.39, 0.29) is 18.9 Å². The molecule has 0 spiro atoms. The van der Waals surface area contributed by atoms with E-state index in [1.807, 2.05) is 24.3 Å². The van der Waals surface area contributed by atoms with Crippen molar-refractivity contribution in [3.63, 3.8) is 0 Å². The number of carbonyl (C=O) groups is 2. The van der Waals surface area contributed by atoms with Crippen molar-refractivity contribution in [1.82, 2.24) is 10.3 Å². The Morgan fingerprint density at radius 3 is 2.53 bits per heavy atom. The average molecular weight is 466 g/mol. The molecule has 1 aromatic heterocycles. The van der Waals surface area contributed by atoms with Crippen molar-refractivity contribution in [2.45, 2.75) is 38.7 Å². The zero-order chi connectivity index (χ0) is 24.5. The molecule has 4 rings (SSSR count). The molecule has 0 radical (unpaired) electrons. The molecule has 2 aromatic carbocycles. The van der Waals surface area contributed by atoms with E-state index < -0.39 is 29.2 Å². The molecule has 2 amide bonds. The van der Waals surface area contributed by atoms with Crippen LogP contribution in [0, 0.1) is 11.6 Å². The molecule has 0 fully saturated rings.